The zero-order valence-corrected chi connectivity index (χ0v) is 7.79. The molecule has 2 heteroatoms. The molecule has 0 saturated heterocycles. The van der Waals surface area contributed by atoms with Crippen LogP contribution in [0.4, 0.5) is 0 Å². The fourth-order valence-corrected chi connectivity index (χ4v) is 1.59. The maximum atomic E-state index is 11.5. The van der Waals surface area contributed by atoms with E-state index in [4.69, 9.17) is 0 Å². The average molecular weight is 185 g/mol. The van der Waals surface area contributed by atoms with E-state index in [9.17, 15) is 4.79 Å². The molecular weight excluding hydrogens is 174 g/mol. The van der Waals surface area contributed by atoms with Crippen molar-refractivity contribution < 1.29 is 0 Å². The maximum absolute atomic E-state index is 11.5. The average Bonchev–Trinajstić information content (AvgIpc) is 2.20. The summed E-state index contributed by atoms with van der Waals surface area (Å²) in [7, 11) is 0. The molecule has 2 aromatic rings. The molecule has 0 bridgehead atoms. The summed E-state index contributed by atoms with van der Waals surface area (Å²) < 4.78 is 0. The molecule has 0 aliphatic rings. The smallest absolute Gasteiger partial charge is 0.189 e. The van der Waals surface area contributed by atoms with Crippen molar-refractivity contribution in [2.24, 2.45) is 0 Å². The van der Waals surface area contributed by atoms with Gasteiger partial charge in [-0.05, 0) is 18.1 Å². The number of aromatic nitrogens is 1. The Morgan fingerprint density at radius 3 is 3.00 bits per heavy atom. The van der Waals surface area contributed by atoms with E-state index < -0.39 is 0 Å². The van der Waals surface area contributed by atoms with Crippen LogP contribution in [0.15, 0.2) is 47.9 Å². The van der Waals surface area contributed by atoms with Gasteiger partial charge in [-0.15, -0.1) is 6.58 Å². The molecule has 0 unspecified atom stereocenters. The largest absolute Gasteiger partial charge is 0.361 e. The Hall–Kier alpha value is -1.83. The summed E-state index contributed by atoms with van der Waals surface area (Å²) in [6.45, 7) is 3.69. The molecule has 1 aromatic heterocycles. The number of pyridine rings is 1. The first-order valence-electron chi connectivity index (χ1n) is 4.53. The molecule has 0 spiro atoms. The third kappa shape index (κ3) is 1.35. The van der Waals surface area contributed by atoms with Crippen LogP contribution in [0.2, 0.25) is 0 Å². The summed E-state index contributed by atoms with van der Waals surface area (Å²) in [6, 6.07) is 7.27. The number of para-hydroxylation sites is 1. The number of rotatable bonds is 2. The lowest BCUT2D eigenvalue weighted by molar-refractivity contribution is 1.26. The number of aromatic amines is 1. The normalized spacial score (nSPS) is 10.3. The zero-order chi connectivity index (χ0) is 9.97. The van der Waals surface area contributed by atoms with Crippen molar-refractivity contribution in [3.05, 3.63) is 58.9 Å². The highest BCUT2D eigenvalue weighted by atomic mass is 16.1. The molecule has 1 heterocycles. The van der Waals surface area contributed by atoms with E-state index in [1.807, 2.05) is 24.3 Å². The summed E-state index contributed by atoms with van der Waals surface area (Å²) >= 11 is 0. The molecule has 0 radical (unpaired) electrons. The summed E-state index contributed by atoms with van der Waals surface area (Å²) in [6.07, 6.45) is 4.29. The maximum Gasteiger partial charge on any atom is 0.189 e. The van der Waals surface area contributed by atoms with Crippen LogP contribution in [0.3, 0.4) is 0 Å². The Kier molecular flexibility index (Phi) is 2.19. The molecule has 0 fully saturated rings. The Morgan fingerprint density at radius 2 is 2.21 bits per heavy atom. The first-order valence-corrected chi connectivity index (χ1v) is 4.53. The molecule has 0 atom stereocenters. The van der Waals surface area contributed by atoms with Crippen LogP contribution < -0.4 is 5.43 Å². The van der Waals surface area contributed by atoms with E-state index in [1.165, 1.54) is 0 Å². The molecule has 70 valence electrons. The van der Waals surface area contributed by atoms with Crippen LogP contribution in [0.5, 0.6) is 0 Å². The Morgan fingerprint density at radius 1 is 1.36 bits per heavy atom. The third-order valence-electron chi connectivity index (χ3n) is 2.24. The van der Waals surface area contributed by atoms with Gasteiger partial charge < -0.3 is 4.98 Å². The van der Waals surface area contributed by atoms with Crippen molar-refractivity contribution in [2.75, 3.05) is 0 Å². The van der Waals surface area contributed by atoms with Crippen molar-refractivity contribution in [1.29, 1.82) is 0 Å². The van der Waals surface area contributed by atoms with E-state index in [0.29, 0.717) is 0 Å². The fourth-order valence-electron chi connectivity index (χ4n) is 1.59. The minimum Gasteiger partial charge on any atom is -0.361 e. The third-order valence-corrected chi connectivity index (χ3v) is 2.24. The molecule has 0 aliphatic carbocycles. The first kappa shape index (κ1) is 8.75. The van der Waals surface area contributed by atoms with E-state index in [1.54, 1.807) is 12.3 Å². The summed E-state index contributed by atoms with van der Waals surface area (Å²) in [4.78, 5) is 14.6. The second kappa shape index (κ2) is 3.50. The Balaban J connectivity index is 2.80. The highest BCUT2D eigenvalue weighted by Gasteiger charge is 2.01. The van der Waals surface area contributed by atoms with Crippen molar-refractivity contribution >= 4 is 10.9 Å². The van der Waals surface area contributed by atoms with E-state index >= 15 is 0 Å². The highest BCUT2D eigenvalue weighted by Crippen LogP contribution is 2.13. The van der Waals surface area contributed by atoms with Crippen LogP contribution in [0, 0.1) is 0 Å². The molecule has 0 amide bonds. The molecule has 1 aromatic carbocycles. The van der Waals surface area contributed by atoms with Crippen LogP contribution in [-0.4, -0.2) is 4.98 Å². The van der Waals surface area contributed by atoms with Gasteiger partial charge in [0.1, 0.15) is 0 Å². The van der Waals surface area contributed by atoms with Gasteiger partial charge in [0.2, 0.25) is 0 Å². The monoisotopic (exact) mass is 185 g/mol. The fraction of sp³-hybridized carbons (Fsp3) is 0.0833. The van der Waals surface area contributed by atoms with Gasteiger partial charge in [0.25, 0.3) is 0 Å². The summed E-state index contributed by atoms with van der Waals surface area (Å²) in [5.74, 6) is 0. The molecule has 1 N–H and O–H groups in total. The van der Waals surface area contributed by atoms with Crippen LogP contribution in [0.25, 0.3) is 10.9 Å². The second-order valence-electron chi connectivity index (χ2n) is 3.17. The standard InChI is InChI=1S/C12H11NO/c1-2-4-9-5-3-6-10-11(14)7-8-13-12(9)10/h2-3,5-8H,1,4H2,(H,13,14). The lowest BCUT2D eigenvalue weighted by Crippen LogP contribution is -2.01. The van der Waals surface area contributed by atoms with Gasteiger partial charge in [0, 0.05) is 17.6 Å². The van der Waals surface area contributed by atoms with Gasteiger partial charge in [0.15, 0.2) is 5.43 Å². The predicted molar refractivity (Wildman–Crippen MR) is 58.5 cm³/mol. The van der Waals surface area contributed by atoms with Gasteiger partial charge in [-0.2, -0.15) is 0 Å². The topological polar surface area (TPSA) is 32.9 Å². The second-order valence-corrected chi connectivity index (χ2v) is 3.17. The Bertz CT molecular complexity index is 525. The minimum atomic E-state index is 0.0599. The van der Waals surface area contributed by atoms with Crippen molar-refractivity contribution in [3.63, 3.8) is 0 Å². The van der Waals surface area contributed by atoms with Gasteiger partial charge in [-0.25, -0.2) is 0 Å². The van der Waals surface area contributed by atoms with Crippen molar-refractivity contribution in [1.82, 2.24) is 4.98 Å². The lowest BCUT2D eigenvalue weighted by Gasteiger charge is -2.02. The molecular formula is C12H11NO. The van der Waals surface area contributed by atoms with E-state index in [0.717, 1.165) is 22.9 Å². The molecule has 2 nitrogen and oxygen atoms in total. The van der Waals surface area contributed by atoms with Crippen LogP contribution >= 0.6 is 0 Å². The van der Waals surface area contributed by atoms with E-state index in [-0.39, 0.29) is 5.43 Å². The Labute approximate surface area is 81.9 Å². The van der Waals surface area contributed by atoms with Gasteiger partial charge in [-0.3, -0.25) is 4.79 Å². The van der Waals surface area contributed by atoms with Crippen molar-refractivity contribution in [3.8, 4) is 0 Å². The summed E-state index contributed by atoms with van der Waals surface area (Å²) in [5, 5.41) is 0.742. The first-order chi connectivity index (χ1) is 6.83. The minimum absolute atomic E-state index is 0.0599. The molecule has 0 saturated carbocycles. The predicted octanol–water partition coefficient (Wildman–Crippen LogP) is 2.26. The number of hydrogen-bond acceptors (Lipinski definition) is 1. The van der Waals surface area contributed by atoms with Crippen LogP contribution in [-0.2, 0) is 6.42 Å². The number of hydrogen-bond donors (Lipinski definition) is 1. The quantitative estimate of drug-likeness (QED) is 0.715. The van der Waals surface area contributed by atoms with Gasteiger partial charge in [0.05, 0.1) is 5.52 Å². The van der Waals surface area contributed by atoms with Gasteiger partial charge >= 0.3 is 0 Å². The number of nitrogens with one attached hydrogen (secondary N) is 1. The molecule has 0 aliphatic heterocycles. The SMILES string of the molecule is C=CCc1cccc2c(=O)cc[nH]c12. The number of benzene rings is 1. The molecule has 14 heavy (non-hydrogen) atoms. The zero-order valence-electron chi connectivity index (χ0n) is 7.79. The highest BCUT2D eigenvalue weighted by molar-refractivity contribution is 5.81. The van der Waals surface area contributed by atoms with Gasteiger partial charge in [-0.1, -0.05) is 18.2 Å². The van der Waals surface area contributed by atoms with Crippen molar-refractivity contribution in [2.45, 2.75) is 6.42 Å². The molecule has 2 rings (SSSR count). The number of H-pyrrole nitrogens is 1. The number of fused-ring (bicyclic) bond motifs is 1. The number of allylic oxidation sites excluding steroid dienone is 1. The van der Waals surface area contributed by atoms with Crippen LogP contribution in [0.1, 0.15) is 5.56 Å². The summed E-state index contributed by atoms with van der Waals surface area (Å²) in [5.41, 5.74) is 2.08. The van der Waals surface area contributed by atoms with E-state index in [2.05, 4.69) is 11.6 Å². The lowest BCUT2D eigenvalue weighted by atomic mass is 10.1.